The van der Waals surface area contributed by atoms with E-state index in [0.29, 0.717) is 17.4 Å². The molecule has 0 saturated heterocycles. The molecule has 10 heteroatoms. The minimum atomic E-state index is -4.66. The molecular weight excluding hydrogens is 1170 g/mol. The van der Waals surface area contributed by atoms with Gasteiger partial charge in [0.05, 0.1) is 27.7 Å². The van der Waals surface area contributed by atoms with E-state index in [-0.39, 0.29) is 32.0 Å². The Kier molecular flexibility index (Phi) is 70.3. The molecule has 9 nitrogen and oxygen atoms in total. The van der Waals surface area contributed by atoms with Crippen molar-refractivity contribution in [3.05, 3.63) is 109 Å². The predicted molar refractivity (Wildman–Crippen MR) is 402 cm³/mol. The fourth-order valence-corrected chi connectivity index (χ4v) is 11.9. The van der Waals surface area contributed by atoms with Crippen molar-refractivity contribution in [1.29, 1.82) is 0 Å². The van der Waals surface area contributed by atoms with Crippen LogP contribution in [0.4, 0.5) is 0 Å². The number of carbonyl (C=O) groups is 2. The maximum Gasteiger partial charge on any atom is 0.306 e. The Morgan fingerprint density at radius 3 is 0.914 bits per heavy atom. The van der Waals surface area contributed by atoms with Gasteiger partial charge in [-0.05, 0) is 83.5 Å². The molecule has 0 aliphatic heterocycles. The first-order valence-electron chi connectivity index (χ1n) is 39.1. The van der Waals surface area contributed by atoms with Crippen LogP contribution in [0.3, 0.4) is 0 Å². The monoisotopic (exact) mass is 1320 g/mol. The third-order valence-corrected chi connectivity index (χ3v) is 18.0. The van der Waals surface area contributed by atoms with Crippen LogP contribution in [0, 0.1) is 0 Å². The number of quaternary nitrogens is 1. The SMILES string of the molecule is CC/C=C\C/C=C\C/C=C\C/C=C\C/C=C\C/C=C\C/C=C\C/C=C\C/C=C\CCCCCC(=O)OC(COC(=O)CCCCCCCCCCCCCCCCCCCCCCCCCCCCCCCCCCCCCCCC)COP(=O)([O-])OCC[N+](C)(C)C. The van der Waals surface area contributed by atoms with Crippen molar-refractivity contribution < 1.29 is 42.1 Å². The maximum atomic E-state index is 12.9. The Balaban J connectivity index is 4.02. The van der Waals surface area contributed by atoms with Crippen molar-refractivity contribution in [1.82, 2.24) is 0 Å². The molecule has 0 heterocycles. The molecule has 2 atom stereocenters. The van der Waals surface area contributed by atoms with Crippen LogP contribution in [0.25, 0.3) is 0 Å². The summed E-state index contributed by atoms with van der Waals surface area (Å²) in [6.07, 6.45) is 104. The lowest BCUT2D eigenvalue weighted by Gasteiger charge is -2.28. The number of esters is 2. The Bertz CT molecular complexity index is 1940. The number of rotatable bonds is 72. The number of carbonyl (C=O) groups excluding carboxylic acids is 2. The second-order valence-electron chi connectivity index (χ2n) is 27.4. The molecule has 0 rings (SSSR count). The number of allylic oxidation sites excluding steroid dienone is 18. The molecule has 0 fully saturated rings. The highest BCUT2D eigenvalue weighted by molar-refractivity contribution is 7.45. The van der Waals surface area contributed by atoms with Crippen molar-refractivity contribution >= 4 is 19.8 Å². The summed E-state index contributed by atoms with van der Waals surface area (Å²) in [4.78, 5) is 38.1. The molecule has 0 amide bonds. The molecule has 0 aliphatic rings. The Morgan fingerprint density at radius 1 is 0.344 bits per heavy atom. The normalized spacial score (nSPS) is 13.7. The molecule has 0 spiro atoms. The first-order chi connectivity index (χ1) is 45.5. The van der Waals surface area contributed by atoms with Gasteiger partial charge in [0.1, 0.15) is 19.8 Å². The Hall–Kier alpha value is -3.33. The molecule has 0 aliphatic carbocycles. The van der Waals surface area contributed by atoms with E-state index in [1.54, 1.807) is 0 Å². The van der Waals surface area contributed by atoms with Gasteiger partial charge < -0.3 is 27.9 Å². The summed E-state index contributed by atoms with van der Waals surface area (Å²) in [5.41, 5.74) is 0. The zero-order valence-corrected chi connectivity index (χ0v) is 62.3. The van der Waals surface area contributed by atoms with E-state index in [9.17, 15) is 19.0 Å². The molecule has 0 aromatic heterocycles. The second-order valence-corrected chi connectivity index (χ2v) is 28.8. The summed E-state index contributed by atoms with van der Waals surface area (Å²) in [6, 6.07) is 0. The number of phosphoric ester groups is 1. The van der Waals surface area contributed by atoms with Gasteiger partial charge in [-0.15, -0.1) is 0 Å². The van der Waals surface area contributed by atoms with Crippen LogP contribution in [0.15, 0.2) is 109 Å². The molecule has 538 valence electrons. The maximum absolute atomic E-state index is 12.9. The Labute approximate surface area is 576 Å². The predicted octanol–water partition coefficient (Wildman–Crippen LogP) is 25.4. The minimum absolute atomic E-state index is 0.0418. The highest BCUT2D eigenvalue weighted by atomic mass is 31.2. The number of nitrogens with zero attached hydrogens (tertiary/aromatic N) is 1. The average Bonchev–Trinajstić information content (AvgIpc) is 2.02. The first kappa shape index (κ1) is 89.7. The van der Waals surface area contributed by atoms with E-state index >= 15 is 0 Å². The van der Waals surface area contributed by atoms with Gasteiger partial charge in [-0.25, -0.2) is 0 Å². The smallest absolute Gasteiger partial charge is 0.306 e. The number of ether oxygens (including phenoxy) is 2. The first-order valence-corrected chi connectivity index (χ1v) is 40.6. The lowest BCUT2D eigenvalue weighted by molar-refractivity contribution is -0.870. The third-order valence-electron chi connectivity index (χ3n) is 17.1. The van der Waals surface area contributed by atoms with Gasteiger partial charge in [-0.2, -0.15) is 0 Å². The van der Waals surface area contributed by atoms with Crippen LogP contribution in [-0.2, 0) is 32.7 Å². The van der Waals surface area contributed by atoms with Crippen LogP contribution in [0.2, 0.25) is 0 Å². The summed E-state index contributed by atoms with van der Waals surface area (Å²) in [7, 11) is 1.14. The van der Waals surface area contributed by atoms with E-state index in [1.807, 2.05) is 21.1 Å². The van der Waals surface area contributed by atoms with Gasteiger partial charge in [-0.1, -0.05) is 367 Å². The highest BCUT2D eigenvalue weighted by Crippen LogP contribution is 2.38. The molecule has 0 N–H and O–H groups in total. The van der Waals surface area contributed by atoms with Crippen LogP contribution in [0.5, 0.6) is 0 Å². The lowest BCUT2D eigenvalue weighted by Crippen LogP contribution is -2.37. The number of hydrogen-bond acceptors (Lipinski definition) is 8. The molecule has 0 bridgehead atoms. The zero-order valence-electron chi connectivity index (χ0n) is 61.4. The van der Waals surface area contributed by atoms with Gasteiger partial charge >= 0.3 is 11.9 Å². The van der Waals surface area contributed by atoms with Gasteiger partial charge in [0.25, 0.3) is 7.82 Å². The van der Waals surface area contributed by atoms with Crippen LogP contribution >= 0.6 is 7.82 Å². The number of unbranched alkanes of at least 4 members (excludes halogenated alkanes) is 40. The van der Waals surface area contributed by atoms with Crippen molar-refractivity contribution in [3.63, 3.8) is 0 Å². The van der Waals surface area contributed by atoms with Crippen molar-refractivity contribution in [2.75, 3.05) is 47.5 Å². The van der Waals surface area contributed by atoms with Crippen molar-refractivity contribution in [3.8, 4) is 0 Å². The van der Waals surface area contributed by atoms with Gasteiger partial charge in [-0.3, -0.25) is 14.2 Å². The summed E-state index contributed by atoms with van der Waals surface area (Å²) in [5.74, 6) is -0.865. The molecule has 0 aromatic rings. The number of likely N-dealkylation sites (N-methyl/N-ethyl adjacent to an activating group) is 1. The topological polar surface area (TPSA) is 111 Å². The molecular formula is C83H148NO8P. The lowest BCUT2D eigenvalue weighted by atomic mass is 10.0. The van der Waals surface area contributed by atoms with Crippen LogP contribution in [0.1, 0.15) is 354 Å². The third kappa shape index (κ3) is 77.6. The van der Waals surface area contributed by atoms with E-state index in [4.69, 9.17) is 18.5 Å². The fourth-order valence-electron chi connectivity index (χ4n) is 11.1. The summed E-state index contributed by atoms with van der Waals surface area (Å²) < 4.78 is 34.3. The summed E-state index contributed by atoms with van der Waals surface area (Å²) in [5, 5.41) is 0. The highest BCUT2D eigenvalue weighted by Gasteiger charge is 2.22. The summed E-state index contributed by atoms with van der Waals surface area (Å²) in [6.45, 7) is 4.12. The van der Waals surface area contributed by atoms with Crippen LogP contribution < -0.4 is 4.89 Å². The van der Waals surface area contributed by atoms with Crippen molar-refractivity contribution in [2.45, 2.75) is 360 Å². The van der Waals surface area contributed by atoms with E-state index in [1.165, 1.54) is 225 Å². The minimum Gasteiger partial charge on any atom is -0.756 e. The molecule has 2 unspecified atom stereocenters. The molecule has 0 saturated carbocycles. The number of phosphoric acid groups is 1. The number of hydrogen-bond donors (Lipinski definition) is 0. The molecule has 0 radical (unpaired) electrons. The van der Waals surface area contributed by atoms with E-state index < -0.39 is 26.5 Å². The van der Waals surface area contributed by atoms with E-state index in [0.717, 1.165) is 96.3 Å². The van der Waals surface area contributed by atoms with Crippen LogP contribution in [-0.4, -0.2) is 70.0 Å². The molecule has 0 aromatic carbocycles. The Morgan fingerprint density at radius 2 is 0.613 bits per heavy atom. The second kappa shape index (κ2) is 72.9. The van der Waals surface area contributed by atoms with Gasteiger partial charge in [0.2, 0.25) is 0 Å². The van der Waals surface area contributed by atoms with Crippen molar-refractivity contribution in [2.24, 2.45) is 0 Å². The quantitative estimate of drug-likeness (QED) is 0.0195. The fraction of sp³-hybridized carbons (Fsp3) is 0.759. The standard InChI is InChI=1S/C83H148NO8P/c1-6-8-10-12-14-16-18-20-22-24-26-28-30-32-34-36-38-39-40-41-42-43-44-46-47-49-51-53-55-57-59-61-63-65-67-69-71-73-75-82(85)89-79-81(80-91-93(87,88)90-78-77-84(3,4)5)92-83(86)76-74-72-70-68-66-64-62-60-58-56-54-52-50-48-45-37-35-33-31-29-27-25-23-21-19-17-15-13-11-9-7-2/h9,11,15,17,21,23,27,29,33,35,45,48,52,54,58,60,64,66,81H,6-8,10,12-14,16,18-20,22,24-26,28,30-32,34,36-44,46-47,49-51,53,55-57,59,61-63,65,67-80H2,1-5H3/b11-9-,17-15-,23-21-,29-27-,35-33-,48-45-,54-52-,60-58-,66-64-. The molecule has 93 heavy (non-hydrogen) atoms. The average molecular weight is 1320 g/mol. The van der Waals surface area contributed by atoms with Gasteiger partial charge in [0, 0.05) is 12.8 Å². The van der Waals surface area contributed by atoms with E-state index in [2.05, 4.69) is 123 Å². The largest absolute Gasteiger partial charge is 0.756 e. The zero-order chi connectivity index (χ0) is 67.6. The summed E-state index contributed by atoms with van der Waals surface area (Å²) >= 11 is 0. The van der Waals surface area contributed by atoms with Gasteiger partial charge in [0.15, 0.2) is 6.10 Å².